The van der Waals surface area contributed by atoms with Gasteiger partial charge in [-0.2, -0.15) is 5.10 Å². The van der Waals surface area contributed by atoms with Crippen LogP contribution in [0, 0.1) is 0 Å². The first-order valence-electron chi connectivity index (χ1n) is 7.86. The molecule has 6 heteroatoms. The van der Waals surface area contributed by atoms with Gasteiger partial charge in [-0.25, -0.2) is 4.68 Å². The summed E-state index contributed by atoms with van der Waals surface area (Å²) in [6.45, 7) is 1.88. The monoisotopic (exact) mass is 334 g/mol. The number of hydrogen-bond acceptors (Lipinski definition) is 3. The van der Waals surface area contributed by atoms with Gasteiger partial charge >= 0.3 is 0 Å². The van der Waals surface area contributed by atoms with E-state index < -0.39 is 0 Å². The SMILES string of the molecule is CC(=O)Nc1ccc(CNC(=O)c2ccc(-n3cccn3)cc2)cc1. The molecule has 126 valence electrons. The third-order valence-corrected chi connectivity index (χ3v) is 3.63. The first-order valence-corrected chi connectivity index (χ1v) is 7.86. The predicted octanol–water partition coefficient (Wildman–Crippen LogP) is 2.76. The van der Waals surface area contributed by atoms with Crippen LogP contribution in [0.2, 0.25) is 0 Å². The van der Waals surface area contributed by atoms with Gasteiger partial charge in [-0.15, -0.1) is 0 Å². The van der Waals surface area contributed by atoms with Crippen LogP contribution in [0.15, 0.2) is 67.0 Å². The van der Waals surface area contributed by atoms with Gasteiger partial charge in [0.15, 0.2) is 0 Å². The molecule has 0 unspecified atom stereocenters. The summed E-state index contributed by atoms with van der Waals surface area (Å²) < 4.78 is 1.73. The van der Waals surface area contributed by atoms with Crippen molar-refractivity contribution in [2.24, 2.45) is 0 Å². The zero-order valence-corrected chi connectivity index (χ0v) is 13.8. The second-order valence-corrected chi connectivity index (χ2v) is 5.56. The fourth-order valence-corrected chi connectivity index (χ4v) is 2.38. The smallest absolute Gasteiger partial charge is 0.251 e. The minimum Gasteiger partial charge on any atom is -0.348 e. The lowest BCUT2D eigenvalue weighted by molar-refractivity contribution is -0.114. The maximum atomic E-state index is 12.2. The Labute approximate surface area is 145 Å². The van der Waals surface area contributed by atoms with Gasteiger partial charge in [0.2, 0.25) is 5.91 Å². The molecule has 0 saturated heterocycles. The maximum absolute atomic E-state index is 12.2. The quantitative estimate of drug-likeness (QED) is 0.753. The summed E-state index contributed by atoms with van der Waals surface area (Å²) >= 11 is 0. The summed E-state index contributed by atoms with van der Waals surface area (Å²) in [5.41, 5.74) is 3.17. The normalized spacial score (nSPS) is 10.3. The molecule has 0 saturated carbocycles. The van der Waals surface area contributed by atoms with Crippen LogP contribution in [0.5, 0.6) is 0 Å². The molecule has 1 aromatic heterocycles. The van der Waals surface area contributed by atoms with Crippen molar-refractivity contribution in [2.75, 3.05) is 5.32 Å². The molecule has 2 aromatic carbocycles. The largest absolute Gasteiger partial charge is 0.348 e. The number of hydrogen-bond donors (Lipinski definition) is 2. The van der Waals surface area contributed by atoms with Crippen molar-refractivity contribution in [1.82, 2.24) is 15.1 Å². The van der Waals surface area contributed by atoms with Crippen LogP contribution in [0.25, 0.3) is 5.69 Å². The summed E-state index contributed by atoms with van der Waals surface area (Å²) in [6.07, 6.45) is 3.55. The lowest BCUT2D eigenvalue weighted by Gasteiger charge is -2.08. The average molecular weight is 334 g/mol. The standard InChI is InChI=1S/C19H18N4O2/c1-14(24)22-17-7-3-15(4-8-17)13-20-19(25)16-5-9-18(10-6-16)23-12-2-11-21-23/h2-12H,13H2,1H3,(H,20,25)(H,22,24). The Morgan fingerprint density at radius 1 is 1.04 bits per heavy atom. The molecule has 25 heavy (non-hydrogen) atoms. The Bertz CT molecular complexity index is 853. The zero-order chi connectivity index (χ0) is 17.6. The van der Waals surface area contributed by atoms with Crippen LogP contribution in [0.3, 0.4) is 0 Å². The minimum absolute atomic E-state index is 0.111. The summed E-state index contributed by atoms with van der Waals surface area (Å²) in [6, 6.07) is 16.4. The first-order chi connectivity index (χ1) is 12.1. The molecule has 6 nitrogen and oxygen atoms in total. The molecular formula is C19H18N4O2. The van der Waals surface area contributed by atoms with E-state index in [1.807, 2.05) is 48.7 Å². The molecule has 0 fully saturated rings. The molecule has 0 bridgehead atoms. The first kappa shape index (κ1) is 16.4. The summed E-state index contributed by atoms with van der Waals surface area (Å²) in [4.78, 5) is 23.2. The molecular weight excluding hydrogens is 316 g/mol. The van der Waals surface area contributed by atoms with Crippen molar-refractivity contribution in [3.63, 3.8) is 0 Å². The van der Waals surface area contributed by atoms with Gasteiger partial charge in [-0.05, 0) is 48.0 Å². The molecule has 1 heterocycles. The van der Waals surface area contributed by atoms with E-state index in [9.17, 15) is 9.59 Å². The lowest BCUT2D eigenvalue weighted by atomic mass is 10.1. The number of aromatic nitrogens is 2. The molecule has 3 aromatic rings. The van der Waals surface area contributed by atoms with E-state index in [4.69, 9.17) is 0 Å². The van der Waals surface area contributed by atoms with Crippen LogP contribution < -0.4 is 10.6 Å². The van der Waals surface area contributed by atoms with Gasteiger partial charge in [-0.3, -0.25) is 9.59 Å². The number of nitrogens with zero attached hydrogens (tertiary/aromatic N) is 2. The molecule has 0 radical (unpaired) electrons. The number of rotatable bonds is 5. The van der Waals surface area contributed by atoms with E-state index in [0.717, 1.165) is 16.9 Å². The van der Waals surface area contributed by atoms with Gasteiger partial charge in [0.05, 0.1) is 5.69 Å². The minimum atomic E-state index is -0.141. The highest BCUT2D eigenvalue weighted by molar-refractivity contribution is 5.94. The second-order valence-electron chi connectivity index (χ2n) is 5.56. The van der Waals surface area contributed by atoms with Crippen molar-refractivity contribution in [2.45, 2.75) is 13.5 Å². The molecule has 2 N–H and O–H groups in total. The van der Waals surface area contributed by atoms with Crippen molar-refractivity contribution in [3.8, 4) is 5.69 Å². The van der Waals surface area contributed by atoms with Crippen molar-refractivity contribution >= 4 is 17.5 Å². The third kappa shape index (κ3) is 4.32. The van der Waals surface area contributed by atoms with E-state index >= 15 is 0 Å². The van der Waals surface area contributed by atoms with Crippen LogP contribution >= 0.6 is 0 Å². The highest BCUT2D eigenvalue weighted by Gasteiger charge is 2.06. The summed E-state index contributed by atoms with van der Waals surface area (Å²) in [5.74, 6) is -0.252. The number of amides is 2. The molecule has 0 aliphatic heterocycles. The average Bonchev–Trinajstić information content (AvgIpc) is 3.15. The molecule has 0 spiro atoms. The van der Waals surface area contributed by atoms with E-state index in [1.54, 1.807) is 23.0 Å². The van der Waals surface area contributed by atoms with E-state index in [0.29, 0.717) is 12.1 Å². The van der Waals surface area contributed by atoms with E-state index in [-0.39, 0.29) is 11.8 Å². The van der Waals surface area contributed by atoms with Crippen LogP contribution in [0.4, 0.5) is 5.69 Å². The zero-order valence-electron chi connectivity index (χ0n) is 13.8. The highest BCUT2D eigenvalue weighted by atomic mass is 16.2. The van der Waals surface area contributed by atoms with Crippen molar-refractivity contribution < 1.29 is 9.59 Å². The molecule has 0 aliphatic rings. The molecule has 3 rings (SSSR count). The fraction of sp³-hybridized carbons (Fsp3) is 0.105. The van der Waals surface area contributed by atoms with E-state index in [2.05, 4.69) is 15.7 Å². The highest BCUT2D eigenvalue weighted by Crippen LogP contribution is 2.11. The van der Waals surface area contributed by atoms with Crippen molar-refractivity contribution in [1.29, 1.82) is 0 Å². The Balaban J connectivity index is 1.58. The number of benzene rings is 2. The Morgan fingerprint density at radius 3 is 2.36 bits per heavy atom. The Kier molecular flexibility index (Phi) is 4.89. The van der Waals surface area contributed by atoms with Crippen molar-refractivity contribution in [3.05, 3.63) is 78.1 Å². The lowest BCUT2D eigenvalue weighted by Crippen LogP contribution is -2.22. The molecule has 0 atom stereocenters. The van der Waals surface area contributed by atoms with E-state index in [1.165, 1.54) is 6.92 Å². The van der Waals surface area contributed by atoms with Gasteiger partial charge in [0, 0.05) is 37.1 Å². The van der Waals surface area contributed by atoms with Gasteiger partial charge in [-0.1, -0.05) is 12.1 Å². The second kappa shape index (κ2) is 7.44. The fourth-order valence-electron chi connectivity index (χ4n) is 2.38. The number of carbonyl (C=O) groups is 2. The van der Waals surface area contributed by atoms with Crippen LogP contribution in [-0.4, -0.2) is 21.6 Å². The van der Waals surface area contributed by atoms with Crippen LogP contribution in [0.1, 0.15) is 22.8 Å². The predicted molar refractivity (Wildman–Crippen MR) is 95.5 cm³/mol. The number of nitrogens with one attached hydrogen (secondary N) is 2. The van der Waals surface area contributed by atoms with Crippen LogP contribution in [-0.2, 0) is 11.3 Å². The summed E-state index contributed by atoms with van der Waals surface area (Å²) in [7, 11) is 0. The molecule has 2 amide bonds. The van der Waals surface area contributed by atoms with Gasteiger partial charge < -0.3 is 10.6 Å². The molecule has 0 aliphatic carbocycles. The topological polar surface area (TPSA) is 76.0 Å². The van der Waals surface area contributed by atoms with Gasteiger partial charge in [0.1, 0.15) is 0 Å². The number of anilines is 1. The third-order valence-electron chi connectivity index (χ3n) is 3.63. The Hall–Kier alpha value is -3.41. The maximum Gasteiger partial charge on any atom is 0.251 e. The Morgan fingerprint density at radius 2 is 1.76 bits per heavy atom. The number of carbonyl (C=O) groups excluding carboxylic acids is 2. The van der Waals surface area contributed by atoms with Gasteiger partial charge in [0.25, 0.3) is 5.91 Å². The summed E-state index contributed by atoms with van der Waals surface area (Å²) in [5, 5.41) is 9.74.